The number of para-hydroxylation sites is 1. The lowest BCUT2D eigenvalue weighted by Gasteiger charge is -2.09. The van der Waals surface area contributed by atoms with Crippen molar-refractivity contribution in [2.24, 2.45) is 0 Å². The fourth-order valence-electron chi connectivity index (χ4n) is 1.81. The molecule has 4 heteroatoms. The minimum absolute atomic E-state index is 0.0648. The average molecular weight is 333 g/mol. The van der Waals surface area contributed by atoms with E-state index in [0.29, 0.717) is 0 Å². The zero-order valence-corrected chi connectivity index (χ0v) is 12.9. The van der Waals surface area contributed by atoms with Crippen LogP contribution in [-0.4, -0.2) is 12.5 Å². The Hall–Kier alpha value is -1.81. The molecule has 2 N–H and O–H groups in total. The zero-order chi connectivity index (χ0) is 14.4. The molecule has 104 valence electrons. The highest BCUT2D eigenvalue weighted by Crippen LogP contribution is 2.20. The van der Waals surface area contributed by atoms with Crippen LogP contribution in [-0.2, 0) is 11.2 Å². The van der Waals surface area contributed by atoms with Crippen molar-refractivity contribution < 1.29 is 4.79 Å². The quantitative estimate of drug-likeness (QED) is 0.866. The number of rotatable bonds is 5. The predicted molar refractivity (Wildman–Crippen MR) is 87.1 cm³/mol. The first-order chi connectivity index (χ1) is 9.69. The highest BCUT2D eigenvalue weighted by atomic mass is 79.9. The molecule has 0 atom stereocenters. The van der Waals surface area contributed by atoms with Gasteiger partial charge in [0, 0.05) is 15.8 Å². The van der Waals surface area contributed by atoms with E-state index >= 15 is 0 Å². The number of nitrogens with one attached hydrogen (secondary N) is 2. The fraction of sp³-hybridized carbons (Fsp3) is 0.188. The molecule has 0 spiro atoms. The Morgan fingerprint density at radius 3 is 2.45 bits per heavy atom. The van der Waals surface area contributed by atoms with E-state index in [2.05, 4.69) is 33.5 Å². The molecule has 0 aliphatic rings. The summed E-state index contributed by atoms with van der Waals surface area (Å²) in [6, 6.07) is 15.6. The van der Waals surface area contributed by atoms with Gasteiger partial charge in [-0.05, 0) is 52.2 Å². The van der Waals surface area contributed by atoms with Gasteiger partial charge in [-0.25, -0.2) is 0 Å². The number of benzene rings is 2. The highest BCUT2D eigenvalue weighted by molar-refractivity contribution is 9.10. The van der Waals surface area contributed by atoms with E-state index in [-0.39, 0.29) is 12.5 Å². The molecular weight excluding hydrogens is 316 g/mol. The second kappa shape index (κ2) is 7.10. The summed E-state index contributed by atoms with van der Waals surface area (Å²) in [6.07, 6.45) is 0.998. The number of carbonyl (C=O) groups excluding carboxylic acids is 1. The van der Waals surface area contributed by atoms with Crippen LogP contribution in [0.4, 0.5) is 11.4 Å². The van der Waals surface area contributed by atoms with Crippen molar-refractivity contribution in [1.82, 2.24) is 0 Å². The number of amides is 1. The van der Waals surface area contributed by atoms with E-state index in [0.717, 1.165) is 22.3 Å². The van der Waals surface area contributed by atoms with Gasteiger partial charge in [0.1, 0.15) is 0 Å². The number of hydrogen-bond donors (Lipinski definition) is 2. The Bertz CT molecular complexity index is 581. The number of aryl methyl sites for hydroxylation is 1. The molecule has 2 aromatic rings. The van der Waals surface area contributed by atoms with Crippen LogP contribution in [0.3, 0.4) is 0 Å². The van der Waals surface area contributed by atoms with Crippen molar-refractivity contribution in [2.45, 2.75) is 13.3 Å². The van der Waals surface area contributed by atoms with E-state index in [4.69, 9.17) is 0 Å². The van der Waals surface area contributed by atoms with Crippen molar-refractivity contribution >= 4 is 33.2 Å². The van der Waals surface area contributed by atoms with Gasteiger partial charge in [0.2, 0.25) is 5.91 Å². The molecule has 0 saturated carbocycles. The molecule has 2 rings (SSSR count). The number of halogens is 1. The van der Waals surface area contributed by atoms with Crippen LogP contribution in [0.25, 0.3) is 0 Å². The van der Waals surface area contributed by atoms with Gasteiger partial charge in [-0.1, -0.05) is 31.2 Å². The van der Waals surface area contributed by atoms with Crippen molar-refractivity contribution in [1.29, 1.82) is 0 Å². The molecule has 0 bridgehead atoms. The molecule has 0 heterocycles. The van der Waals surface area contributed by atoms with E-state index in [9.17, 15) is 4.79 Å². The van der Waals surface area contributed by atoms with Crippen LogP contribution >= 0.6 is 15.9 Å². The van der Waals surface area contributed by atoms with Crippen LogP contribution < -0.4 is 10.6 Å². The molecule has 2 aromatic carbocycles. The molecule has 0 aliphatic carbocycles. The molecule has 0 aromatic heterocycles. The summed E-state index contributed by atoms with van der Waals surface area (Å²) in [6.45, 7) is 2.34. The van der Waals surface area contributed by atoms with Gasteiger partial charge in [-0.3, -0.25) is 4.79 Å². The molecule has 0 fully saturated rings. The van der Waals surface area contributed by atoms with Gasteiger partial charge in [-0.15, -0.1) is 0 Å². The van der Waals surface area contributed by atoms with E-state index < -0.39 is 0 Å². The first-order valence-corrected chi connectivity index (χ1v) is 7.35. The van der Waals surface area contributed by atoms with Gasteiger partial charge < -0.3 is 10.6 Å². The Morgan fingerprint density at radius 1 is 1.10 bits per heavy atom. The minimum Gasteiger partial charge on any atom is -0.375 e. The van der Waals surface area contributed by atoms with Crippen LogP contribution in [0.15, 0.2) is 53.0 Å². The second-order valence-electron chi connectivity index (χ2n) is 4.43. The van der Waals surface area contributed by atoms with Gasteiger partial charge in [-0.2, -0.15) is 0 Å². The zero-order valence-electron chi connectivity index (χ0n) is 11.3. The van der Waals surface area contributed by atoms with E-state index in [1.807, 2.05) is 48.5 Å². The van der Waals surface area contributed by atoms with E-state index in [1.165, 1.54) is 5.56 Å². The summed E-state index contributed by atoms with van der Waals surface area (Å²) >= 11 is 3.43. The third-order valence-corrected chi connectivity index (χ3v) is 3.65. The molecule has 0 aliphatic heterocycles. The Kier molecular flexibility index (Phi) is 5.18. The molecule has 0 unspecified atom stereocenters. The normalized spacial score (nSPS) is 10.1. The molecular formula is C16H17BrN2O. The lowest BCUT2D eigenvalue weighted by atomic mass is 10.1. The average Bonchev–Trinajstić information content (AvgIpc) is 2.47. The summed E-state index contributed by atoms with van der Waals surface area (Å²) in [5.41, 5.74) is 2.99. The van der Waals surface area contributed by atoms with E-state index in [1.54, 1.807) is 0 Å². The third-order valence-electron chi connectivity index (χ3n) is 2.96. The molecule has 20 heavy (non-hydrogen) atoms. The van der Waals surface area contributed by atoms with Gasteiger partial charge >= 0.3 is 0 Å². The topological polar surface area (TPSA) is 41.1 Å². The molecule has 1 amide bonds. The minimum atomic E-state index is -0.0648. The summed E-state index contributed by atoms with van der Waals surface area (Å²) in [7, 11) is 0. The second-order valence-corrected chi connectivity index (χ2v) is 5.29. The first-order valence-electron chi connectivity index (χ1n) is 6.56. The number of hydrogen-bond acceptors (Lipinski definition) is 2. The van der Waals surface area contributed by atoms with Crippen molar-refractivity contribution in [3.05, 3.63) is 58.6 Å². The Morgan fingerprint density at radius 2 is 1.80 bits per heavy atom. The smallest absolute Gasteiger partial charge is 0.243 e. The maximum absolute atomic E-state index is 11.9. The fourth-order valence-corrected chi connectivity index (χ4v) is 2.23. The van der Waals surface area contributed by atoms with Crippen LogP contribution in [0.5, 0.6) is 0 Å². The van der Waals surface area contributed by atoms with Crippen LogP contribution in [0.1, 0.15) is 12.5 Å². The molecule has 0 saturated heterocycles. The largest absolute Gasteiger partial charge is 0.375 e. The SMILES string of the molecule is CCc1ccc(NC(=O)CNc2ccccc2Br)cc1. The number of carbonyl (C=O) groups is 1. The van der Waals surface area contributed by atoms with Crippen molar-refractivity contribution in [3.63, 3.8) is 0 Å². The summed E-state index contributed by atoms with van der Waals surface area (Å²) in [4.78, 5) is 11.9. The maximum atomic E-state index is 11.9. The standard InChI is InChI=1S/C16H17BrN2O/c1-2-12-7-9-13(10-8-12)19-16(20)11-18-15-6-4-3-5-14(15)17/h3-10,18H,2,11H2,1H3,(H,19,20). The third kappa shape index (κ3) is 4.10. The first kappa shape index (κ1) is 14.6. The van der Waals surface area contributed by atoms with Crippen molar-refractivity contribution in [2.75, 3.05) is 17.2 Å². The molecule has 3 nitrogen and oxygen atoms in total. The lowest BCUT2D eigenvalue weighted by molar-refractivity contribution is -0.114. The van der Waals surface area contributed by atoms with Gasteiger partial charge in [0.25, 0.3) is 0 Å². The van der Waals surface area contributed by atoms with Crippen LogP contribution in [0.2, 0.25) is 0 Å². The van der Waals surface area contributed by atoms with Gasteiger partial charge in [0.05, 0.1) is 6.54 Å². The predicted octanol–water partition coefficient (Wildman–Crippen LogP) is 4.06. The Balaban J connectivity index is 1.87. The Labute approximate surface area is 127 Å². The summed E-state index contributed by atoms with van der Waals surface area (Å²) in [5, 5.41) is 5.96. The maximum Gasteiger partial charge on any atom is 0.243 e. The molecule has 0 radical (unpaired) electrons. The highest BCUT2D eigenvalue weighted by Gasteiger charge is 2.03. The lowest BCUT2D eigenvalue weighted by Crippen LogP contribution is -2.21. The van der Waals surface area contributed by atoms with Gasteiger partial charge in [0.15, 0.2) is 0 Å². The summed E-state index contributed by atoms with van der Waals surface area (Å²) < 4.78 is 0.945. The van der Waals surface area contributed by atoms with Crippen molar-refractivity contribution in [3.8, 4) is 0 Å². The summed E-state index contributed by atoms with van der Waals surface area (Å²) in [5.74, 6) is -0.0648. The monoisotopic (exact) mass is 332 g/mol. The number of anilines is 2. The van der Waals surface area contributed by atoms with Crippen LogP contribution in [0, 0.1) is 0 Å².